The third-order valence-electron chi connectivity index (χ3n) is 4.63. The lowest BCUT2D eigenvalue weighted by molar-refractivity contribution is 0.186. The number of fused-ring (bicyclic) bond motifs is 1. The van der Waals surface area contributed by atoms with E-state index in [1.165, 1.54) is 52.6 Å². The van der Waals surface area contributed by atoms with E-state index in [1.807, 2.05) is 0 Å². The van der Waals surface area contributed by atoms with E-state index in [4.69, 9.17) is 0 Å². The molecule has 6 heteroatoms. The number of aryl methyl sites for hydroxylation is 1. The van der Waals surface area contributed by atoms with Crippen LogP contribution in [0.15, 0.2) is 30.6 Å². The monoisotopic (exact) mass is 328 g/mol. The maximum absolute atomic E-state index is 10.7. The van der Waals surface area contributed by atoms with Gasteiger partial charge in [0.25, 0.3) is 0 Å². The molecule has 1 aliphatic rings. The number of piperidine rings is 1. The number of aromatic hydroxyl groups is 1. The molecular formula is C17H20N4OS. The molecule has 0 aliphatic carbocycles. The predicted molar refractivity (Wildman–Crippen MR) is 91.0 cm³/mol. The number of hydrogen-bond acceptors (Lipinski definition) is 5. The first-order chi connectivity index (χ1) is 11.3. The van der Waals surface area contributed by atoms with Crippen molar-refractivity contribution in [1.82, 2.24) is 19.5 Å². The molecule has 4 rings (SSSR count). The first-order valence-corrected chi connectivity index (χ1v) is 8.88. The summed E-state index contributed by atoms with van der Waals surface area (Å²) in [6.45, 7) is 4.26. The summed E-state index contributed by atoms with van der Waals surface area (Å²) in [5, 5.41) is 14.8. The number of nitrogens with zero attached hydrogens (tertiary/aromatic N) is 4. The van der Waals surface area contributed by atoms with Crippen molar-refractivity contribution >= 4 is 16.3 Å². The lowest BCUT2D eigenvalue weighted by atomic mass is 9.96. The molecule has 120 valence electrons. The SMILES string of the molecule is Cc1ccccc1C(c1sc2ncnn2c1O)N1CCCCC1. The normalized spacial score (nSPS) is 17.6. The Morgan fingerprint density at radius 3 is 2.70 bits per heavy atom. The number of hydrogen-bond donors (Lipinski definition) is 1. The molecule has 23 heavy (non-hydrogen) atoms. The highest BCUT2D eigenvalue weighted by molar-refractivity contribution is 7.17. The van der Waals surface area contributed by atoms with E-state index in [9.17, 15) is 5.11 Å². The standard InChI is InChI=1S/C17H20N4OS/c1-12-7-3-4-8-13(12)14(20-9-5-2-6-10-20)15-16(22)21-17(23-15)18-11-19-21/h3-4,7-8,11,14,22H,2,5-6,9-10H2,1H3. The first kappa shape index (κ1) is 14.7. The number of thiazole rings is 1. The molecule has 0 spiro atoms. The molecule has 1 fully saturated rings. The van der Waals surface area contributed by atoms with Gasteiger partial charge in [-0.1, -0.05) is 42.0 Å². The molecule has 0 amide bonds. The van der Waals surface area contributed by atoms with Gasteiger partial charge in [0.15, 0.2) is 0 Å². The average molecular weight is 328 g/mol. The van der Waals surface area contributed by atoms with Gasteiger partial charge in [-0.05, 0) is 44.0 Å². The Hall–Kier alpha value is -1.92. The van der Waals surface area contributed by atoms with Crippen LogP contribution in [-0.4, -0.2) is 37.7 Å². The third-order valence-corrected chi connectivity index (χ3v) is 5.71. The van der Waals surface area contributed by atoms with E-state index in [2.05, 4.69) is 46.2 Å². The van der Waals surface area contributed by atoms with Gasteiger partial charge < -0.3 is 5.11 Å². The molecule has 0 saturated carbocycles. The second kappa shape index (κ2) is 5.94. The molecule has 1 atom stereocenters. The van der Waals surface area contributed by atoms with Crippen molar-refractivity contribution in [2.75, 3.05) is 13.1 Å². The minimum Gasteiger partial charge on any atom is -0.492 e. The minimum absolute atomic E-state index is 0.0741. The van der Waals surface area contributed by atoms with Gasteiger partial charge in [0.05, 0.1) is 10.9 Å². The van der Waals surface area contributed by atoms with Gasteiger partial charge in [-0.25, -0.2) is 4.98 Å². The van der Waals surface area contributed by atoms with E-state index >= 15 is 0 Å². The van der Waals surface area contributed by atoms with Crippen LogP contribution in [-0.2, 0) is 0 Å². The second-order valence-electron chi connectivity index (χ2n) is 6.10. The summed E-state index contributed by atoms with van der Waals surface area (Å²) in [5.41, 5.74) is 2.51. The van der Waals surface area contributed by atoms with Crippen LogP contribution in [0.1, 0.15) is 41.3 Å². The molecule has 1 N–H and O–H groups in total. The van der Waals surface area contributed by atoms with Crippen LogP contribution < -0.4 is 0 Å². The molecule has 2 aromatic heterocycles. The molecule has 1 saturated heterocycles. The summed E-state index contributed by atoms with van der Waals surface area (Å²) >= 11 is 1.53. The van der Waals surface area contributed by atoms with Crippen molar-refractivity contribution in [2.24, 2.45) is 0 Å². The fourth-order valence-electron chi connectivity index (χ4n) is 3.45. The van der Waals surface area contributed by atoms with Crippen molar-refractivity contribution in [3.8, 4) is 5.88 Å². The van der Waals surface area contributed by atoms with Crippen LogP contribution in [0, 0.1) is 6.92 Å². The summed E-state index contributed by atoms with van der Waals surface area (Å²) in [6, 6.07) is 8.52. The van der Waals surface area contributed by atoms with E-state index in [-0.39, 0.29) is 11.9 Å². The third kappa shape index (κ3) is 2.52. The van der Waals surface area contributed by atoms with Gasteiger partial charge in [-0.15, -0.1) is 0 Å². The average Bonchev–Trinajstić information content (AvgIpc) is 3.15. The number of likely N-dealkylation sites (tertiary alicyclic amines) is 1. The summed E-state index contributed by atoms with van der Waals surface area (Å²) in [5.74, 6) is 0.223. The maximum Gasteiger partial charge on any atom is 0.230 e. The van der Waals surface area contributed by atoms with Crippen LogP contribution in [0.2, 0.25) is 0 Å². The lowest BCUT2D eigenvalue weighted by Crippen LogP contribution is -2.34. The Bertz CT molecular complexity index is 819. The molecular weight excluding hydrogens is 308 g/mol. The molecule has 1 unspecified atom stereocenters. The predicted octanol–water partition coefficient (Wildman–Crippen LogP) is 3.38. The van der Waals surface area contributed by atoms with Crippen molar-refractivity contribution in [3.63, 3.8) is 0 Å². The van der Waals surface area contributed by atoms with Gasteiger partial charge in [-0.2, -0.15) is 9.61 Å². The highest BCUT2D eigenvalue weighted by atomic mass is 32.1. The highest BCUT2D eigenvalue weighted by Crippen LogP contribution is 2.41. The zero-order valence-corrected chi connectivity index (χ0v) is 14.0. The minimum atomic E-state index is 0.0741. The summed E-state index contributed by atoms with van der Waals surface area (Å²) in [7, 11) is 0. The quantitative estimate of drug-likeness (QED) is 0.801. The van der Waals surface area contributed by atoms with Crippen molar-refractivity contribution < 1.29 is 5.11 Å². The Labute approximate surface area is 139 Å². The lowest BCUT2D eigenvalue weighted by Gasteiger charge is -2.35. The molecule has 1 aliphatic heterocycles. The van der Waals surface area contributed by atoms with E-state index in [0.29, 0.717) is 0 Å². The van der Waals surface area contributed by atoms with Crippen LogP contribution in [0.3, 0.4) is 0 Å². The molecule has 5 nitrogen and oxygen atoms in total. The molecule has 0 bridgehead atoms. The van der Waals surface area contributed by atoms with Gasteiger partial charge in [0, 0.05) is 0 Å². The fraction of sp³-hybridized carbons (Fsp3) is 0.412. The highest BCUT2D eigenvalue weighted by Gasteiger charge is 2.30. The van der Waals surface area contributed by atoms with Gasteiger partial charge in [0.2, 0.25) is 10.8 Å². The molecule has 3 aromatic rings. The summed E-state index contributed by atoms with van der Waals surface area (Å²) in [6.07, 6.45) is 5.20. The zero-order chi connectivity index (χ0) is 15.8. The molecule has 0 radical (unpaired) electrons. The second-order valence-corrected chi connectivity index (χ2v) is 7.11. The van der Waals surface area contributed by atoms with Crippen molar-refractivity contribution in [1.29, 1.82) is 0 Å². The van der Waals surface area contributed by atoms with Crippen LogP contribution in [0.4, 0.5) is 0 Å². The fourth-order valence-corrected chi connectivity index (χ4v) is 4.53. The maximum atomic E-state index is 10.7. The number of rotatable bonds is 3. The van der Waals surface area contributed by atoms with Gasteiger partial charge in [0.1, 0.15) is 6.33 Å². The van der Waals surface area contributed by atoms with Crippen LogP contribution >= 0.6 is 11.3 Å². The number of aromatic nitrogens is 3. The smallest absolute Gasteiger partial charge is 0.230 e. The summed E-state index contributed by atoms with van der Waals surface area (Å²) in [4.78, 5) is 8.40. The van der Waals surface area contributed by atoms with E-state index in [0.717, 1.165) is 22.9 Å². The Balaban J connectivity index is 1.85. The Morgan fingerprint density at radius 2 is 1.96 bits per heavy atom. The first-order valence-electron chi connectivity index (χ1n) is 8.06. The zero-order valence-electron chi connectivity index (χ0n) is 13.1. The van der Waals surface area contributed by atoms with E-state index < -0.39 is 0 Å². The van der Waals surface area contributed by atoms with Gasteiger partial charge in [-0.3, -0.25) is 4.90 Å². The molecule has 3 heterocycles. The van der Waals surface area contributed by atoms with Crippen LogP contribution in [0.25, 0.3) is 4.96 Å². The van der Waals surface area contributed by atoms with E-state index in [1.54, 1.807) is 0 Å². The topological polar surface area (TPSA) is 53.7 Å². The summed E-state index contributed by atoms with van der Waals surface area (Å²) < 4.78 is 1.54. The van der Waals surface area contributed by atoms with Gasteiger partial charge >= 0.3 is 0 Å². The Kier molecular flexibility index (Phi) is 3.79. The van der Waals surface area contributed by atoms with Crippen molar-refractivity contribution in [2.45, 2.75) is 32.2 Å². The Morgan fingerprint density at radius 1 is 1.17 bits per heavy atom. The largest absolute Gasteiger partial charge is 0.492 e. The van der Waals surface area contributed by atoms with Crippen molar-refractivity contribution in [3.05, 3.63) is 46.6 Å². The van der Waals surface area contributed by atoms with Crippen LogP contribution in [0.5, 0.6) is 5.88 Å². The molecule has 1 aromatic carbocycles. The number of benzene rings is 1.